The molecule has 0 bridgehead atoms. The maximum atomic E-state index is 4.15. The molecule has 1 N–H and O–H groups in total. The zero-order valence-corrected chi connectivity index (χ0v) is 11.1. The van der Waals surface area contributed by atoms with Crippen LogP contribution in [0, 0.1) is 5.92 Å². The van der Waals surface area contributed by atoms with E-state index < -0.39 is 0 Å². The summed E-state index contributed by atoms with van der Waals surface area (Å²) in [4.78, 5) is 4.15. The molecule has 3 nitrogen and oxygen atoms in total. The van der Waals surface area contributed by atoms with E-state index in [1.165, 1.54) is 5.56 Å². The molecule has 2 rings (SSSR count). The lowest BCUT2D eigenvalue weighted by atomic mass is 10.1. The number of imidazole rings is 1. The van der Waals surface area contributed by atoms with Gasteiger partial charge in [-0.05, 0) is 18.0 Å². The lowest BCUT2D eigenvalue weighted by Crippen LogP contribution is -2.28. The number of benzene rings is 1. The van der Waals surface area contributed by atoms with Crippen LogP contribution in [0.4, 0.5) is 0 Å². The van der Waals surface area contributed by atoms with Crippen molar-refractivity contribution in [3.05, 3.63) is 54.6 Å². The highest BCUT2D eigenvalue weighted by Gasteiger charge is 2.12. The van der Waals surface area contributed by atoms with Gasteiger partial charge in [-0.25, -0.2) is 4.98 Å². The average Bonchev–Trinajstić information content (AvgIpc) is 2.89. The van der Waals surface area contributed by atoms with Gasteiger partial charge in [0.1, 0.15) is 0 Å². The highest BCUT2D eigenvalue weighted by molar-refractivity contribution is 5.20. The van der Waals surface area contributed by atoms with E-state index in [2.05, 4.69) is 59.0 Å². The Morgan fingerprint density at radius 1 is 1.17 bits per heavy atom. The minimum atomic E-state index is 0.312. The summed E-state index contributed by atoms with van der Waals surface area (Å²) >= 11 is 0. The molecule has 0 aliphatic heterocycles. The SMILES string of the molecule is CC(C)CNCC(c1ccccc1)n1ccnc1. The highest BCUT2D eigenvalue weighted by atomic mass is 15.1. The van der Waals surface area contributed by atoms with Gasteiger partial charge in [-0.3, -0.25) is 0 Å². The van der Waals surface area contributed by atoms with Crippen LogP contribution in [-0.4, -0.2) is 22.6 Å². The molecule has 0 radical (unpaired) electrons. The Kier molecular flexibility index (Phi) is 4.53. The summed E-state index contributed by atoms with van der Waals surface area (Å²) in [5, 5.41) is 3.52. The molecule has 0 saturated carbocycles. The molecule has 2 aromatic rings. The van der Waals surface area contributed by atoms with Gasteiger partial charge in [0.05, 0.1) is 12.4 Å². The fraction of sp³-hybridized carbons (Fsp3) is 0.400. The van der Waals surface area contributed by atoms with E-state index in [0.29, 0.717) is 12.0 Å². The number of nitrogens with zero attached hydrogens (tertiary/aromatic N) is 2. The molecule has 96 valence electrons. The van der Waals surface area contributed by atoms with Crippen LogP contribution in [0.15, 0.2) is 49.1 Å². The van der Waals surface area contributed by atoms with Gasteiger partial charge in [-0.2, -0.15) is 0 Å². The third kappa shape index (κ3) is 3.44. The lowest BCUT2D eigenvalue weighted by molar-refractivity contribution is 0.482. The molecular weight excluding hydrogens is 222 g/mol. The lowest BCUT2D eigenvalue weighted by Gasteiger charge is -2.20. The van der Waals surface area contributed by atoms with Gasteiger partial charge in [0.25, 0.3) is 0 Å². The Labute approximate surface area is 109 Å². The van der Waals surface area contributed by atoms with Crippen molar-refractivity contribution < 1.29 is 0 Å². The zero-order chi connectivity index (χ0) is 12.8. The minimum Gasteiger partial charge on any atom is -0.329 e. The Balaban J connectivity index is 2.09. The summed E-state index contributed by atoms with van der Waals surface area (Å²) in [6, 6.07) is 10.9. The van der Waals surface area contributed by atoms with Crippen LogP contribution in [0.3, 0.4) is 0 Å². The highest BCUT2D eigenvalue weighted by Crippen LogP contribution is 2.16. The summed E-state index contributed by atoms with van der Waals surface area (Å²) in [6.45, 7) is 6.42. The van der Waals surface area contributed by atoms with Gasteiger partial charge in [-0.15, -0.1) is 0 Å². The molecule has 1 aromatic carbocycles. The Morgan fingerprint density at radius 2 is 1.94 bits per heavy atom. The summed E-state index contributed by atoms with van der Waals surface area (Å²) < 4.78 is 2.16. The van der Waals surface area contributed by atoms with Crippen LogP contribution < -0.4 is 5.32 Å². The normalized spacial score (nSPS) is 12.8. The molecule has 0 spiro atoms. The monoisotopic (exact) mass is 243 g/mol. The summed E-state index contributed by atoms with van der Waals surface area (Å²) in [5.74, 6) is 0.671. The predicted molar refractivity (Wildman–Crippen MR) is 74.5 cm³/mol. The number of rotatable bonds is 6. The average molecular weight is 243 g/mol. The van der Waals surface area contributed by atoms with E-state index >= 15 is 0 Å². The van der Waals surface area contributed by atoms with Crippen LogP contribution >= 0.6 is 0 Å². The van der Waals surface area contributed by atoms with Gasteiger partial charge in [0, 0.05) is 18.9 Å². The molecule has 1 aromatic heterocycles. The molecule has 18 heavy (non-hydrogen) atoms. The standard InChI is InChI=1S/C15H21N3/c1-13(2)10-17-11-15(18-9-8-16-12-18)14-6-4-3-5-7-14/h3-9,12-13,15,17H,10-11H2,1-2H3. The third-order valence-electron chi connectivity index (χ3n) is 2.96. The fourth-order valence-corrected chi connectivity index (χ4v) is 2.03. The number of nitrogens with one attached hydrogen (secondary N) is 1. The Hall–Kier alpha value is -1.61. The first-order valence-corrected chi connectivity index (χ1v) is 6.50. The second-order valence-corrected chi connectivity index (χ2v) is 4.99. The van der Waals surface area contributed by atoms with Crippen LogP contribution in [0.1, 0.15) is 25.5 Å². The number of aromatic nitrogens is 2. The van der Waals surface area contributed by atoms with Crippen molar-refractivity contribution in [2.45, 2.75) is 19.9 Å². The largest absolute Gasteiger partial charge is 0.329 e. The van der Waals surface area contributed by atoms with Gasteiger partial charge in [-0.1, -0.05) is 44.2 Å². The molecule has 0 saturated heterocycles. The molecule has 1 atom stereocenters. The van der Waals surface area contributed by atoms with E-state index in [9.17, 15) is 0 Å². The first kappa shape index (κ1) is 12.8. The van der Waals surface area contributed by atoms with Crippen molar-refractivity contribution in [3.8, 4) is 0 Å². The molecule has 0 aliphatic rings. The smallest absolute Gasteiger partial charge is 0.0952 e. The summed E-state index contributed by atoms with van der Waals surface area (Å²) in [7, 11) is 0. The Bertz CT molecular complexity index is 434. The molecule has 0 amide bonds. The minimum absolute atomic E-state index is 0.312. The Morgan fingerprint density at radius 3 is 2.56 bits per heavy atom. The molecule has 1 heterocycles. The van der Waals surface area contributed by atoms with Gasteiger partial charge < -0.3 is 9.88 Å². The quantitative estimate of drug-likeness (QED) is 0.845. The first-order valence-electron chi connectivity index (χ1n) is 6.50. The second-order valence-electron chi connectivity index (χ2n) is 4.99. The van der Waals surface area contributed by atoms with E-state index in [4.69, 9.17) is 0 Å². The number of hydrogen-bond acceptors (Lipinski definition) is 2. The zero-order valence-electron chi connectivity index (χ0n) is 11.1. The first-order chi connectivity index (χ1) is 8.77. The molecule has 3 heteroatoms. The van der Waals surface area contributed by atoms with Crippen molar-refractivity contribution in [1.82, 2.24) is 14.9 Å². The molecule has 0 fully saturated rings. The van der Waals surface area contributed by atoms with Crippen molar-refractivity contribution in [2.24, 2.45) is 5.92 Å². The van der Waals surface area contributed by atoms with Gasteiger partial charge >= 0.3 is 0 Å². The third-order valence-corrected chi connectivity index (χ3v) is 2.96. The maximum absolute atomic E-state index is 4.15. The van der Waals surface area contributed by atoms with E-state index in [-0.39, 0.29) is 0 Å². The van der Waals surface area contributed by atoms with Crippen molar-refractivity contribution >= 4 is 0 Å². The van der Waals surface area contributed by atoms with E-state index in [1.807, 2.05) is 18.7 Å². The fourth-order valence-electron chi connectivity index (χ4n) is 2.03. The van der Waals surface area contributed by atoms with Gasteiger partial charge in [0.2, 0.25) is 0 Å². The molecular formula is C15H21N3. The topological polar surface area (TPSA) is 29.9 Å². The predicted octanol–water partition coefficient (Wildman–Crippen LogP) is 2.72. The molecule has 0 aliphatic carbocycles. The van der Waals surface area contributed by atoms with E-state index in [0.717, 1.165) is 13.1 Å². The van der Waals surface area contributed by atoms with Gasteiger partial charge in [0.15, 0.2) is 0 Å². The van der Waals surface area contributed by atoms with Crippen LogP contribution in [0.25, 0.3) is 0 Å². The second kappa shape index (κ2) is 6.36. The summed E-state index contributed by atoms with van der Waals surface area (Å²) in [5.41, 5.74) is 1.31. The van der Waals surface area contributed by atoms with Crippen LogP contribution in [-0.2, 0) is 0 Å². The van der Waals surface area contributed by atoms with Crippen molar-refractivity contribution in [1.29, 1.82) is 0 Å². The van der Waals surface area contributed by atoms with Crippen molar-refractivity contribution in [2.75, 3.05) is 13.1 Å². The van der Waals surface area contributed by atoms with Crippen molar-refractivity contribution in [3.63, 3.8) is 0 Å². The van der Waals surface area contributed by atoms with E-state index in [1.54, 1.807) is 0 Å². The van der Waals surface area contributed by atoms with Crippen LogP contribution in [0.5, 0.6) is 0 Å². The summed E-state index contributed by atoms with van der Waals surface area (Å²) in [6.07, 6.45) is 5.74. The van der Waals surface area contributed by atoms with Crippen LogP contribution in [0.2, 0.25) is 0 Å². The number of hydrogen-bond donors (Lipinski definition) is 1. The molecule has 1 unspecified atom stereocenters. The maximum Gasteiger partial charge on any atom is 0.0952 e.